The van der Waals surface area contributed by atoms with E-state index in [1.54, 1.807) is 12.5 Å². The van der Waals surface area contributed by atoms with E-state index in [1.807, 2.05) is 6.07 Å². The average molecular weight is 221 g/mol. The lowest BCUT2D eigenvalue weighted by atomic mass is 10.1. The molecule has 0 saturated carbocycles. The first-order chi connectivity index (χ1) is 7.86. The van der Waals surface area contributed by atoms with Crippen molar-refractivity contribution in [2.75, 3.05) is 0 Å². The van der Waals surface area contributed by atoms with Crippen LogP contribution in [-0.4, -0.2) is 16.0 Å². The van der Waals surface area contributed by atoms with Crippen molar-refractivity contribution in [1.82, 2.24) is 15.3 Å². The number of rotatable bonds is 8. The van der Waals surface area contributed by atoms with Gasteiger partial charge in [-0.3, -0.25) is 0 Å². The first-order valence-electron chi connectivity index (χ1n) is 6.35. The van der Waals surface area contributed by atoms with Gasteiger partial charge in [0.1, 0.15) is 6.33 Å². The van der Waals surface area contributed by atoms with Crippen molar-refractivity contribution in [3.8, 4) is 0 Å². The van der Waals surface area contributed by atoms with Crippen LogP contribution in [-0.2, 0) is 6.54 Å². The lowest BCUT2D eigenvalue weighted by Gasteiger charge is -2.17. The minimum Gasteiger partial charge on any atom is -0.308 e. The molecule has 1 heterocycles. The van der Waals surface area contributed by atoms with Crippen molar-refractivity contribution in [3.05, 3.63) is 24.3 Å². The molecule has 1 atom stereocenters. The van der Waals surface area contributed by atoms with Crippen molar-refractivity contribution in [1.29, 1.82) is 0 Å². The molecule has 1 N–H and O–H groups in total. The van der Waals surface area contributed by atoms with Crippen molar-refractivity contribution >= 4 is 0 Å². The third kappa shape index (κ3) is 5.21. The molecule has 0 bridgehead atoms. The van der Waals surface area contributed by atoms with Crippen molar-refractivity contribution in [3.63, 3.8) is 0 Å². The van der Waals surface area contributed by atoms with Crippen LogP contribution in [0.5, 0.6) is 0 Å². The predicted molar refractivity (Wildman–Crippen MR) is 67.1 cm³/mol. The summed E-state index contributed by atoms with van der Waals surface area (Å²) in [5, 5.41) is 3.58. The van der Waals surface area contributed by atoms with Crippen LogP contribution in [0.3, 0.4) is 0 Å². The lowest BCUT2D eigenvalue weighted by Crippen LogP contribution is -2.28. The fourth-order valence-electron chi connectivity index (χ4n) is 1.82. The molecular formula is C13H23N3. The van der Waals surface area contributed by atoms with Gasteiger partial charge in [0.25, 0.3) is 0 Å². The Morgan fingerprint density at radius 3 is 2.75 bits per heavy atom. The Balaban J connectivity index is 2.31. The molecule has 0 aliphatic carbocycles. The summed E-state index contributed by atoms with van der Waals surface area (Å²) in [4.78, 5) is 8.14. The van der Waals surface area contributed by atoms with Crippen LogP contribution >= 0.6 is 0 Å². The number of nitrogens with one attached hydrogen (secondary N) is 1. The SMILES string of the molecule is CCCCC(CCC)NCc1ccncn1. The number of hydrogen-bond donors (Lipinski definition) is 1. The van der Waals surface area contributed by atoms with Crippen molar-refractivity contribution in [2.45, 2.75) is 58.5 Å². The molecule has 0 radical (unpaired) electrons. The molecule has 0 amide bonds. The van der Waals surface area contributed by atoms with Crippen LogP contribution < -0.4 is 5.32 Å². The van der Waals surface area contributed by atoms with Crippen molar-refractivity contribution in [2.24, 2.45) is 0 Å². The number of nitrogens with zero attached hydrogens (tertiary/aromatic N) is 2. The molecule has 1 aromatic heterocycles. The maximum atomic E-state index is 4.22. The smallest absolute Gasteiger partial charge is 0.115 e. The highest BCUT2D eigenvalue weighted by Crippen LogP contribution is 2.07. The molecule has 90 valence electrons. The third-order valence-electron chi connectivity index (χ3n) is 2.76. The zero-order chi connectivity index (χ0) is 11.6. The molecule has 3 nitrogen and oxygen atoms in total. The van der Waals surface area contributed by atoms with Gasteiger partial charge in [0.05, 0.1) is 5.69 Å². The second kappa shape index (κ2) is 8.22. The molecule has 0 aliphatic heterocycles. The highest BCUT2D eigenvalue weighted by Gasteiger charge is 2.06. The Kier molecular flexibility index (Phi) is 6.74. The Bertz CT molecular complexity index is 261. The molecule has 1 aromatic rings. The van der Waals surface area contributed by atoms with Gasteiger partial charge < -0.3 is 5.32 Å². The minimum absolute atomic E-state index is 0.639. The largest absolute Gasteiger partial charge is 0.308 e. The molecule has 0 fully saturated rings. The quantitative estimate of drug-likeness (QED) is 0.733. The van der Waals surface area contributed by atoms with Gasteiger partial charge in [-0.1, -0.05) is 33.1 Å². The molecule has 0 aromatic carbocycles. The Hall–Kier alpha value is -0.960. The van der Waals surface area contributed by atoms with E-state index in [2.05, 4.69) is 29.1 Å². The van der Waals surface area contributed by atoms with Gasteiger partial charge in [-0.25, -0.2) is 9.97 Å². The first-order valence-corrected chi connectivity index (χ1v) is 6.35. The number of aromatic nitrogens is 2. The Labute approximate surface area is 98.7 Å². The second-order valence-electron chi connectivity index (χ2n) is 4.21. The minimum atomic E-state index is 0.639. The summed E-state index contributed by atoms with van der Waals surface area (Å²) in [6.07, 6.45) is 9.76. The van der Waals surface area contributed by atoms with Gasteiger partial charge in [-0.05, 0) is 18.9 Å². The van der Waals surface area contributed by atoms with E-state index < -0.39 is 0 Å². The van der Waals surface area contributed by atoms with Gasteiger partial charge >= 0.3 is 0 Å². The Morgan fingerprint density at radius 1 is 1.25 bits per heavy atom. The zero-order valence-corrected chi connectivity index (χ0v) is 10.4. The third-order valence-corrected chi connectivity index (χ3v) is 2.76. The van der Waals surface area contributed by atoms with Gasteiger partial charge in [-0.2, -0.15) is 0 Å². The second-order valence-corrected chi connectivity index (χ2v) is 4.21. The summed E-state index contributed by atoms with van der Waals surface area (Å²) in [5.74, 6) is 0. The van der Waals surface area contributed by atoms with E-state index in [1.165, 1.54) is 32.1 Å². The van der Waals surface area contributed by atoms with Crippen LogP contribution in [0.1, 0.15) is 51.6 Å². The van der Waals surface area contributed by atoms with Crippen molar-refractivity contribution < 1.29 is 0 Å². The molecule has 0 spiro atoms. The van der Waals surface area contributed by atoms with E-state index in [0.717, 1.165) is 12.2 Å². The average Bonchev–Trinajstić information content (AvgIpc) is 2.34. The fraction of sp³-hybridized carbons (Fsp3) is 0.692. The first kappa shape index (κ1) is 13.1. The monoisotopic (exact) mass is 221 g/mol. The standard InChI is InChI=1S/C13H23N3/c1-3-5-7-12(6-4-2)15-10-13-8-9-14-11-16-13/h8-9,11-12,15H,3-7,10H2,1-2H3. The highest BCUT2D eigenvalue weighted by atomic mass is 14.9. The van der Waals surface area contributed by atoms with Gasteiger partial charge in [-0.15, -0.1) is 0 Å². The Morgan fingerprint density at radius 2 is 2.12 bits per heavy atom. The van der Waals surface area contributed by atoms with Crippen LogP contribution in [0.2, 0.25) is 0 Å². The van der Waals surface area contributed by atoms with Crippen LogP contribution in [0.25, 0.3) is 0 Å². The molecule has 3 heteroatoms. The van der Waals surface area contributed by atoms with Gasteiger partial charge in [0, 0.05) is 18.8 Å². The summed E-state index contributed by atoms with van der Waals surface area (Å²) in [6, 6.07) is 2.61. The molecule has 0 saturated heterocycles. The fourth-order valence-corrected chi connectivity index (χ4v) is 1.82. The predicted octanol–water partition coefficient (Wildman–Crippen LogP) is 2.93. The molecular weight excluding hydrogens is 198 g/mol. The maximum absolute atomic E-state index is 4.22. The van der Waals surface area contributed by atoms with Crippen LogP contribution in [0.4, 0.5) is 0 Å². The van der Waals surface area contributed by atoms with Crippen LogP contribution in [0.15, 0.2) is 18.6 Å². The summed E-state index contributed by atoms with van der Waals surface area (Å²) in [7, 11) is 0. The molecule has 0 aliphatic rings. The maximum Gasteiger partial charge on any atom is 0.115 e. The summed E-state index contributed by atoms with van der Waals surface area (Å²) >= 11 is 0. The number of hydrogen-bond acceptors (Lipinski definition) is 3. The van der Waals surface area contributed by atoms with Crippen LogP contribution in [0, 0.1) is 0 Å². The lowest BCUT2D eigenvalue weighted by molar-refractivity contribution is 0.431. The van der Waals surface area contributed by atoms with E-state index in [0.29, 0.717) is 6.04 Å². The van der Waals surface area contributed by atoms with E-state index in [9.17, 15) is 0 Å². The molecule has 1 rings (SSSR count). The summed E-state index contributed by atoms with van der Waals surface area (Å²) < 4.78 is 0. The van der Waals surface area contributed by atoms with E-state index >= 15 is 0 Å². The number of unbranched alkanes of at least 4 members (excludes halogenated alkanes) is 1. The van der Waals surface area contributed by atoms with E-state index in [4.69, 9.17) is 0 Å². The summed E-state index contributed by atoms with van der Waals surface area (Å²) in [6.45, 7) is 5.34. The van der Waals surface area contributed by atoms with Gasteiger partial charge in [0.2, 0.25) is 0 Å². The zero-order valence-electron chi connectivity index (χ0n) is 10.4. The van der Waals surface area contributed by atoms with E-state index in [-0.39, 0.29) is 0 Å². The molecule has 16 heavy (non-hydrogen) atoms. The molecule has 1 unspecified atom stereocenters. The normalized spacial score (nSPS) is 12.6. The topological polar surface area (TPSA) is 37.8 Å². The van der Waals surface area contributed by atoms with Gasteiger partial charge in [0.15, 0.2) is 0 Å². The summed E-state index contributed by atoms with van der Waals surface area (Å²) in [5.41, 5.74) is 1.08. The highest BCUT2D eigenvalue weighted by molar-refractivity contribution is 4.97.